The normalized spacial score (nSPS) is 16.5. The zero-order valence-electron chi connectivity index (χ0n) is 13.2. The van der Waals surface area contributed by atoms with Crippen molar-refractivity contribution in [2.24, 2.45) is 0 Å². The molecule has 0 amide bonds. The van der Waals surface area contributed by atoms with Gasteiger partial charge in [0.1, 0.15) is 5.65 Å². The summed E-state index contributed by atoms with van der Waals surface area (Å²) >= 11 is 0. The molecule has 1 aliphatic rings. The molecule has 23 heavy (non-hydrogen) atoms. The highest BCUT2D eigenvalue weighted by molar-refractivity contribution is 6.13. The summed E-state index contributed by atoms with van der Waals surface area (Å²) < 4.78 is 2.25. The summed E-state index contributed by atoms with van der Waals surface area (Å²) in [5, 5.41) is 4.04. The van der Waals surface area contributed by atoms with Crippen molar-refractivity contribution in [1.29, 1.82) is 0 Å². The van der Waals surface area contributed by atoms with Gasteiger partial charge in [-0.15, -0.1) is 0 Å². The highest BCUT2D eigenvalue weighted by Crippen LogP contribution is 2.39. The Balaban J connectivity index is 1.95. The maximum atomic E-state index is 4.60. The number of benzene rings is 2. The van der Waals surface area contributed by atoms with Crippen LogP contribution in [-0.4, -0.2) is 9.38 Å². The molecule has 114 valence electrons. The predicted octanol–water partition coefficient (Wildman–Crippen LogP) is 5.69. The molecule has 2 aromatic carbocycles. The first-order valence-corrected chi connectivity index (χ1v) is 8.70. The molecular formula is C21H20N2. The maximum Gasteiger partial charge on any atom is 0.145 e. The first-order valence-electron chi connectivity index (χ1n) is 8.70. The molecule has 0 atom stereocenters. The lowest BCUT2D eigenvalue weighted by atomic mass is 9.82. The van der Waals surface area contributed by atoms with E-state index in [9.17, 15) is 0 Å². The lowest BCUT2D eigenvalue weighted by Gasteiger charge is -2.24. The van der Waals surface area contributed by atoms with E-state index >= 15 is 0 Å². The number of fused-ring (bicyclic) bond motifs is 6. The second-order valence-corrected chi connectivity index (χ2v) is 6.74. The maximum absolute atomic E-state index is 4.60. The van der Waals surface area contributed by atoms with Crippen molar-refractivity contribution in [2.75, 3.05) is 0 Å². The molecule has 2 aromatic heterocycles. The molecule has 1 aliphatic carbocycles. The zero-order chi connectivity index (χ0) is 15.2. The molecule has 0 spiro atoms. The van der Waals surface area contributed by atoms with Gasteiger partial charge in [-0.3, -0.25) is 4.40 Å². The van der Waals surface area contributed by atoms with Gasteiger partial charge in [-0.1, -0.05) is 55.7 Å². The molecule has 4 aromatic rings. The third-order valence-corrected chi connectivity index (χ3v) is 5.46. The third-order valence-electron chi connectivity index (χ3n) is 5.46. The summed E-state index contributed by atoms with van der Waals surface area (Å²) in [7, 11) is 0. The topological polar surface area (TPSA) is 17.3 Å². The molecular weight excluding hydrogens is 280 g/mol. The van der Waals surface area contributed by atoms with Gasteiger partial charge in [0.25, 0.3) is 0 Å². The fraction of sp³-hybridized carbons (Fsp3) is 0.286. The van der Waals surface area contributed by atoms with E-state index in [0.29, 0.717) is 5.92 Å². The molecule has 5 rings (SSSR count). The van der Waals surface area contributed by atoms with Crippen LogP contribution in [0, 0.1) is 0 Å². The smallest absolute Gasteiger partial charge is 0.145 e. The van der Waals surface area contributed by atoms with Crippen molar-refractivity contribution in [2.45, 2.75) is 38.0 Å². The Morgan fingerprint density at radius 3 is 2.57 bits per heavy atom. The Labute approximate surface area is 135 Å². The molecule has 1 saturated carbocycles. The molecule has 0 saturated heterocycles. The van der Waals surface area contributed by atoms with Gasteiger partial charge in [0.2, 0.25) is 0 Å². The monoisotopic (exact) mass is 300 g/mol. The van der Waals surface area contributed by atoms with Gasteiger partial charge >= 0.3 is 0 Å². The van der Waals surface area contributed by atoms with E-state index < -0.39 is 0 Å². The molecule has 2 nitrogen and oxygen atoms in total. The van der Waals surface area contributed by atoms with E-state index in [4.69, 9.17) is 0 Å². The summed E-state index contributed by atoms with van der Waals surface area (Å²) in [5.74, 6) is 0.705. The van der Waals surface area contributed by atoms with Crippen molar-refractivity contribution in [3.63, 3.8) is 0 Å². The molecule has 0 aliphatic heterocycles. The predicted molar refractivity (Wildman–Crippen MR) is 96.0 cm³/mol. The number of pyridine rings is 1. The van der Waals surface area contributed by atoms with Crippen LogP contribution in [0.1, 0.15) is 43.6 Å². The summed E-state index contributed by atoms with van der Waals surface area (Å²) in [4.78, 5) is 4.60. The molecule has 0 N–H and O–H groups in total. The summed E-state index contributed by atoms with van der Waals surface area (Å²) in [5.41, 5.74) is 3.89. The van der Waals surface area contributed by atoms with Gasteiger partial charge in [-0.25, -0.2) is 4.98 Å². The van der Waals surface area contributed by atoms with Gasteiger partial charge in [0.05, 0.1) is 5.52 Å². The summed E-state index contributed by atoms with van der Waals surface area (Å²) in [6, 6.07) is 15.6. The largest absolute Gasteiger partial charge is 0.299 e. The second-order valence-electron chi connectivity index (χ2n) is 6.74. The van der Waals surface area contributed by atoms with E-state index in [1.54, 1.807) is 0 Å². The quantitative estimate of drug-likeness (QED) is 0.413. The first-order chi connectivity index (χ1) is 11.4. The highest BCUT2D eigenvalue weighted by Gasteiger charge is 2.20. The van der Waals surface area contributed by atoms with Crippen LogP contribution in [0.5, 0.6) is 0 Å². The molecule has 0 radical (unpaired) electrons. The zero-order valence-corrected chi connectivity index (χ0v) is 13.2. The van der Waals surface area contributed by atoms with E-state index in [1.165, 1.54) is 59.3 Å². The highest BCUT2D eigenvalue weighted by atomic mass is 15.0. The van der Waals surface area contributed by atoms with Crippen molar-refractivity contribution < 1.29 is 0 Å². The number of hydrogen-bond donors (Lipinski definition) is 0. The molecule has 1 fully saturated rings. The van der Waals surface area contributed by atoms with Crippen LogP contribution in [0.3, 0.4) is 0 Å². The lowest BCUT2D eigenvalue weighted by molar-refractivity contribution is 0.445. The standard InChI is InChI=1S/C21H20N2/c1-2-7-15(8-3-1)16-11-6-12-19-20(16)17-9-4-5-10-18(17)21-22-13-14-23(19)21/h4-6,9-15H,1-3,7-8H2. The van der Waals surface area contributed by atoms with E-state index in [1.807, 2.05) is 6.20 Å². The van der Waals surface area contributed by atoms with Crippen molar-refractivity contribution in [1.82, 2.24) is 9.38 Å². The SMILES string of the molecule is c1ccc2c(c1)c1c(C3CCCCC3)cccc1n1ccnc21. The number of hydrogen-bond acceptors (Lipinski definition) is 1. The van der Waals surface area contributed by atoms with Crippen LogP contribution in [0.15, 0.2) is 54.9 Å². The van der Waals surface area contributed by atoms with Gasteiger partial charge in [-0.2, -0.15) is 0 Å². The molecule has 2 heterocycles. The summed E-state index contributed by atoms with van der Waals surface area (Å²) in [6.45, 7) is 0. The van der Waals surface area contributed by atoms with Gasteiger partial charge in [0.15, 0.2) is 0 Å². The third kappa shape index (κ3) is 1.91. The average molecular weight is 300 g/mol. The van der Waals surface area contributed by atoms with Crippen LogP contribution in [0.2, 0.25) is 0 Å². The van der Waals surface area contributed by atoms with Crippen LogP contribution in [0.25, 0.3) is 27.3 Å². The number of rotatable bonds is 1. The minimum Gasteiger partial charge on any atom is -0.299 e. The average Bonchev–Trinajstić information content (AvgIpc) is 3.12. The van der Waals surface area contributed by atoms with Crippen molar-refractivity contribution >= 4 is 27.3 Å². The lowest BCUT2D eigenvalue weighted by Crippen LogP contribution is -2.06. The van der Waals surface area contributed by atoms with Crippen LogP contribution >= 0.6 is 0 Å². The minimum absolute atomic E-state index is 0.705. The fourth-order valence-corrected chi connectivity index (χ4v) is 4.40. The molecule has 0 unspecified atom stereocenters. The minimum atomic E-state index is 0.705. The van der Waals surface area contributed by atoms with Gasteiger partial charge in [-0.05, 0) is 35.8 Å². The van der Waals surface area contributed by atoms with Crippen molar-refractivity contribution in [3.8, 4) is 0 Å². The fourth-order valence-electron chi connectivity index (χ4n) is 4.40. The van der Waals surface area contributed by atoms with Gasteiger partial charge < -0.3 is 0 Å². The van der Waals surface area contributed by atoms with Crippen LogP contribution in [0.4, 0.5) is 0 Å². The van der Waals surface area contributed by atoms with E-state index in [0.717, 1.165) is 5.65 Å². The first kappa shape index (κ1) is 13.1. The molecule has 2 heteroatoms. The van der Waals surface area contributed by atoms with Crippen LogP contribution < -0.4 is 0 Å². The number of imidazole rings is 1. The Hall–Kier alpha value is -2.35. The Kier molecular flexibility index (Phi) is 2.90. The Morgan fingerprint density at radius 2 is 1.70 bits per heavy atom. The molecule has 0 bridgehead atoms. The van der Waals surface area contributed by atoms with Gasteiger partial charge in [0, 0.05) is 23.2 Å². The Morgan fingerprint density at radius 1 is 0.870 bits per heavy atom. The van der Waals surface area contributed by atoms with Crippen molar-refractivity contribution in [3.05, 3.63) is 60.4 Å². The summed E-state index contributed by atoms with van der Waals surface area (Å²) in [6.07, 6.45) is 10.8. The van der Waals surface area contributed by atoms with Crippen LogP contribution in [-0.2, 0) is 0 Å². The number of aromatic nitrogens is 2. The Bertz CT molecular complexity index is 1010. The van der Waals surface area contributed by atoms with E-state index in [2.05, 4.69) is 58.0 Å². The second kappa shape index (κ2) is 5.09. The number of nitrogens with zero attached hydrogens (tertiary/aromatic N) is 2. The van der Waals surface area contributed by atoms with E-state index in [-0.39, 0.29) is 0 Å².